The van der Waals surface area contributed by atoms with Crippen molar-refractivity contribution in [2.75, 3.05) is 13.6 Å². The van der Waals surface area contributed by atoms with Crippen LogP contribution in [-0.4, -0.2) is 41.8 Å². The van der Waals surface area contributed by atoms with Crippen molar-refractivity contribution in [3.8, 4) is 0 Å². The fraction of sp³-hybridized carbons (Fsp3) is 0.833. The zero-order chi connectivity index (χ0) is 7.72. The van der Waals surface area contributed by atoms with Crippen molar-refractivity contribution >= 4 is 5.97 Å². The number of alkyl halides is 1. The summed E-state index contributed by atoms with van der Waals surface area (Å²) in [5.74, 6) is -1.06. The molecule has 0 spiro atoms. The summed E-state index contributed by atoms with van der Waals surface area (Å²) < 4.78 is 12.7. The van der Waals surface area contributed by atoms with Gasteiger partial charge in [0.15, 0.2) is 0 Å². The van der Waals surface area contributed by atoms with Crippen LogP contribution < -0.4 is 0 Å². The molecule has 0 aromatic heterocycles. The Morgan fingerprint density at radius 2 is 2.40 bits per heavy atom. The molecule has 1 aliphatic rings. The molecule has 0 radical (unpaired) electrons. The van der Waals surface area contributed by atoms with Crippen molar-refractivity contribution in [2.24, 2.45) is 0 Å². The minimum Gasteiger partial charge on any atom is -0.480 e. The Bertz CT molecular complexity index is 141. The topological polar surface area (TPSA) is 40.5 Å². The normalized spacial score (nSPS) is 34.6. The predicted molar refractivity (Wildman–Crippen MR) is 33.6 cm³/mol. The number of likely N-dealkylation sites (N-methyl/N-ethyl adjacent to an activating group) is 1. The zero-order valence-electron chi connectivity index (χ0n) is 5.75. The van der Waals surface area contributed by atoms with Crippen molar-refractivity contribution < 1.29 is 14.3 Å². The van der Waals surface area contributed by atoms with E-state index in [1.54, 1.807) is 7.05 Å². The number of carboxylic acid groups (broad SMARTS) is 1. The zero-order valence-corrected chi connectivity index (χ0v) is 5.75. The summed E-state index contributed by atoms with van der Waals surface area (Å²) in [6, 6.07) is -0.917. The van der Waals surface area contributed by atoms with E-state index < -0.39 is 18.2 Å². The third-order valence-electron chi connectivity index (χ3n) is 1.83. The van der Waals surface area contributed by atoms with Crippen LogP contribution in [-0.2, 0) is 4.79 Å². The van der Waals surface area contributed by atoms with E-state index in [-0.39, 0.29) is 0 Å². The largest absolute Gasteiger partial charge is 0.480 e. The van der Waals surface area contributed by atoms with Crippen LogP contribution in [0.3, 0.4) is 0 Å². The van der Waals surface area contributed by atoms with Crippen molar-refractivity contribution in [3.63, 3.8) is 0 Å². The molecule has 1 fully saturated rings. The van der Waals surface area contributed by atoms with Gasteiger partial charge in [-0.2, -0.15) is 0 Å². The summed E-state index contributed by atoms with van der Waals surface area (Å²) in [4.78, 5) is 11.9. The van der Waals surface area contributed by atoms with E-state index in [0.29, 0.717) is 13.0 Å². The molecule has 0 amide bonds. The van der Waals surface area contributed by atoms with Crippen LogP contribution in [0.5, 0.6) is 0 Å². The van der Waals surface area contributed by atoms with Crippen molar-refractivity contribution in [1.82, 2.24) is 4.90 Å². The molecule has 4 heteroatoms. The van der Waals surface area contributed by atoms with Gasteiger partial charge in [0.05, 0.1) is 0 Å². The van der Waals surface area contributed by atoms with Crippen LogP contribution in [0.25, 0.3) is 0 Å². The minimum absolute atomic E-state index is 0.341. The summed E-state index contributed by atoms with van der Waals surface area (Å²) in [7, 11) is 1.62. The van der Waals surface area contributed by atoms with Gasteiger partial charge in [0.2, 0.25) is 0 Å². The lowest BCUT2D eigenvalue weighted by Crippen LogP contribution is -2.37. The van der Waals surface area contributed by atoms with E-state index >= 15 is 0 Å². The average Bonchev–Trinajstić information content (AvgIpc) is 2.11. The molecule has 1 aliphatic heterocycles. The molecule has 10 heavy (non-hydrogen) atoms. The molecule has 1 heterocycles. The maximum Gasteiger partial charge on any atom is 0.323 e. The van der Waals surface area contributed by atoms with Crippen molar-refractivity contribution in [2.45, 2.75) is 18.6 Å². The first-order valence-electron chi connectivity index (χ1n) is 3.20. The van der Waals surface area contributed by atoms with Gasteiger partial charge in [-0.15, -0.1) is 0 Å². The smallest absolute Gasteiger partial charge is 0.323 e. The molecule has 0 unspecified atom stereocenters. The van der Waals surface area contributed by atoms with Crippen molar-refractivity contribution in [3.05, 3.63) is 0 Å². The number of likely N-dealkylation sites (tertiary alicyclic amines) is 1. The van der Waals surface area contributed by atoms with E-state index in [1.807, 2.05) is 0 Å². The number of rotatable bonds is 1. The highest BCUT2D eigenvalue weighted by Crippen LogP contribution is 2.18. The standard InChI is InChI=1S/C6H10FNO2/c1-8-3-2-4(7)5(8)6(9)10/h4-5H,2-3H2,1H3,(H,9,10)/t4-,5-/m0/s1. The number of halogens is 1. The van der Waals surface area contributed by atoms with Crippen LogP contribution >= 0.6 is 0 Å². The third-order valence-corrected chi connectivity index (χ3v) is 1.83. The van der Waals surface area contributed by atoms with Gasteiger partial charge in [0.25, 0.3) is 0 Å². The highest BCUT2D eigenvalue weighted by Gasteiger charge is 2.37. The van der Waals surface area contributed by atoms with Gasteiger partial charge in [-0.05, 0) is 13.5 Å². The Kier molecular flexibility index (Phi) is 1.89. The summed E-state index contributed by atoms with van der Waals surface area (Å²) >= 11 is 0. The Labute approximate surface area is 58.4 Å². The quantitative estimate of drug-likeness (QED) is 0.572. The molecule has 58 valence electrons. The molecular formula is C6H10FNO2. The molecule has 1 rings (SSSR count). The van der Waals surface area contributed by atoms with E-state index in [9.17, 15) is 9.18 Å². The van der Waals surface area contributed by atoms with Gasteiger partial charge in [-0.1, -0.05) is 0 Å². The molecule has 0 bridgehead atoms. The molecule has 0 aromatic carbocycles. The number of aliphatic carboxylic acids is 1. The first kappa shape index (κ1) is 7.47. The Hall–Kier alpha value is -0.640. The first-order chi connectivity index (χ1) is 4.63. The second-order valence-corrected chi connectivity index (χ2v) is 2.57. The van der Waals surface area contributed by atoms with Crippen LogP contribution in [0.2, 0.25) is 0 Å². The highest BCUT2D eigenvalue weighted by atomic mass is 19.1. The molecule has 1 saturated heterocycles. The summed E-state index contributed by atoms with van der Waals surface area (Å²) in [5, 5.41) is 8.47. The van der Waals surface area contributed by atoms with Gasteiger partial charge >= 0.3 is 5.97 Å². The molecule has 1 N–H and O–H groups in total. The second-order valence-electron chi connectivity index (χ2n) is 2.57. The summed E-state index contributed by atoms with van der Waals surface area (Å²) in [6.07, 6.45) is -0.851. The lowest BCUT2D eigenvalue weighted by atomic mass is 10.2. The maximum absolute atomic E-state index is 12.7. The number of nitrogens with zero attached hydrogens (tertiary/aromatic N) is 1. The van der Waals surface area contributed by atoms with Crippen LogP contribution in [0, 0.1) is 0 Å². The van der Waals surface area contributed by atoms with Crippen molar-refractivity contribution in [1.29, 1.82) is 0 Å². The number of hydrogen-bond donors (Lipinski definition) is 1. The Balaban J connectivity index is 2.63. The van der Waals surface area contributed by atoms with E-state index in [1.165, 1.54) is 4.90 Å². The van der Waals surface area contributed by atoms with Gasteiger partial charge in [-0.25, -0.2) is 4.39 Å². The summed E-state index contributed by atoms with van der Waals surface area (Å²) in [5.41, 5.74) is 0. The molecule has 0 aromatic rings. The first-order valence-corrected chi connectivity index (χ1v) is 3.20. The Morgan fingerprint density at radius 3 is 2.60 bits per heavy atom. The molecule has 0 saturated carbocycles. The molecule has 2 atom stereocenters. The fourth-order valence-corrected chi connectivity index (χ4v) is 1.24. The third kappa shape index (κ3) is 1.11. The van der Waals surface area contributed by atoms with Crippen LogP contribution in [0.15, 0.2) is 0 Å². The Morgan fingerprint density at radius 1 is 1.80 bits per heavy atom. The molecule has 3 nitrogen and oxygen atoms in total. The van der Waals surface area contributed by atoms with Gasteiger partial charge < -0.3 is 5.11 Å². The van der Waals surface area contributed by atoms with Crippen LogP contribution in [0.4, 0.5) is 4.39 Å². The van der Waals surface area contributed by atoms with E-state index in [4.69, 9.17) is 5.11 Å². The van der Waals surface area contributed by atoms with Crippen LogP contribution in [0.1, 0.15) is 6.42 Å². The molecular weight excluding hydrogens is 137 g/mol. The minimum atomic E-state index is -1.19. The van der Waals surface area contributed by atoms with E-state index in [2.05, 4.69) is 0 Å². The van der Waals surface area contributed by atoms with Gasteiger partial charge in [0.1, 0.15) is 12.2 Å². The number of hydrogen-bond acceptors (Lipinski definition) is 2. The van der Waals surface area contributed by atoms with Gasteiger partial charge in [0, 0.05) is 6.54 Å². The lowest BCUT2D eigenvalue weighted by Gasteiger charge is -2.15. The second kappa shape index (κ2) is 2.54. The number of carboxylic acids is 1. The SMILES string of the molecule is CN1CC[C@H](F)[C@H]1C(=O)O. The summed E-state index contributed by atoms with van der Waals surface area (Å²) in [6.45, 7) is 0.540. The fourth-order valence-electron chi connectivity index (χ4n) is 1.24. The maximum atomic E-state index is 12.7. The highest BCUT2D eigenvalue weighted by molar-refractivity contribution is 5.74. The predicted octanol–water partition coefficient (Wildman–Crippen LogP) is 0.113. The molecule has 0 aliphatic carbocycles. The van der Waals surface area contributed by atoms with E-state index in [0.717, 1.165) is 0 Å². The average molecular weight is 147 g/mol. The van der Waals surface area contributed by atoms with Gasteiger partial charge in [-0.3, -0.25) is 9.69 Å². The lowest BCUT2D eigenvalue weighted by molar-refractivity contribution is -0.143. The number of carbonyl (C=O) groups is 1. The monoisotopic (exact) mass is 147 g/mol.